The van der Waals surface area contributed by atoms with E-state index in [1.165, 1.54) is 12.7 Å². The predicted molar refractivity (Wildman–Crippen MR) is 104 cm³/mol. The molecule has 0 aliphatic carbocycles. The highest BCUT2D eigenvalue weighted by Gasteiger charge is 2.15. The summed E-state index contributed by atoms with van der Waals surface area (Å²) in [6, 6.07) is 11.4. The van der Waals surface area contributed by atoms with Crippen molar-refractivity contribution >= 4 is 17.5 Å². The van der Waals surface area contributed by atoms with Gasteiger partial charge >= 0.3 is 0 Å². The molecule has 0 aliphatic heterocycles. The van der Waals surface area contributed by atoms with E-state index >= 15 is 0 Å². The molecule has 0 unspecified atom stereocenters. The first-order valence-electron chi connectivity index (χ1n) is 8.45. The molecular formula is C20H25ClN2O3. The van der Waals surface area contributed by atoms with E-state index in [1.807, 2.05) is 33.2 Å². The van der Waals surface area contributed by atoms with Crippen LogP contribution in [0.15, 0.2) is 36.4 Å². The average molecular weight is 377 g/mol. The molecule has 0 spiro atoms. The summed E-state index contributed by atoms with van der Waals surface area (Å²) in [7, 11) is 5.58. The second-order valence-corrected chi connectivity index (χ2v) is 6.57. The van der Waals surface area contributed by atoms with E-state index in [1.54, 1.807) is 12.1 Å². The maximum Gasteiger partial charge on any atom is 0.251 e. The van der Waals surface area contributed by atoms with Crippen LogP contribution in [0, 0.1) is 0 Å². The van der Waals surface area contributed by atoms with Crippen LogP contribution in [0.25, 0.3) is 0 Å². The molecule has 0 fully saturated rings. The molecule has 26 heavy (non-hydrogen) atoms. The molecular weight excluding hydrogens is 352 g/mol. The lowest BCUT2D eigenvalue weighted by atomic mass is 10.1. The standard InChI is InChI=1S/C20H25ClN2O3/c1-5-26-19-17(21)10-16(11-18(19)25-4)20(24)22-12-14-6-8-15(9-7-14)13-23(2)3/h6-11H,5,12-13H2,1-4H3,(H,22,24). The molecule has 5 nitrogen and oxygen atoms in total. The molecule has 0 saturated heterocycles. The van der Waals surface area contributed by atoms with Crippen LogP contribution < -0.4 is 14.8 Å². The first-order chi connectivity index (χ1) is 12.4. The van der Waals surface area contributed by atoms with Crippen LogP contribution in [0.1, 0.15) is 28.4 Å². The van der Waals surface area contributed by atoms with Gasteiger partial charge in [0, 0.05) is 18.7 Å². The Kier molecular flexibility index (Phi) is 7.30. The number of nitrogens with zero attached hydrogens (tertiary/aromatic N) is 1. The molecule has 0 atom stereocenters. The third-order valence-electron chi connectivity index (χ3n) is 3.76. The summed E-state index contributed by atoms with van der Waals surface area (Å²) >= 11 is 6.22. The van der Waals surface area contributed by atoms with E-state index in [-0.39, 0.29) is 5.91 Å². The van der Waals surface area contributed by atoms with Gasteiger partial charge in [0.05, 0.1) is 18.7 Å². The Bertz CT molecular complexity index is 745. The maximum absolute atomic E-state index is 12.4. The van der Waals surface area contributed by atoms with Gasteiger partial charge in [-0.15, -0.1) is 0 Å². The van der Waals surface area contributed by atoms with E-state index < -0.39 is 0 Å². The number of hydrogen-bond acceptors (Lipinski definition) is 4. The molecule has 6 heteroatoms. The first-order valence-corrected chi connectivity index (χ1v) is 8.83. The van der Waals surface area contributed by atoms with Gasteiger partial charge in [0.1, 0.15) is 0 Å². The minimum Gasteiger partial charge on any atom is -0.493 e. The van der Waals surface area contributed by atoms with Crippen molar-refractivity contribution in [3.05, 3.63) is 58.1 Å². The van der Waals surface area contributed by atoms with Crippen molar-refractivity contribution < 1.29 is 14.3 Å². The van der Waals surface area contributed by atoms with Gasteiger partial charge in [-0.1, -0.05) is 35.9 Å². The quantitative estimate of drug-likeness (QED) is 0.762. The number of amides is 1. The average Bonchev–Trinajstić information content (AvgIpc) is 2.62. The van der Waals surface area contributed by atoms with Gasteiger partial charge in [0.2, 0.25) is 0 Å². The smallest absolute Gasteiger partial charge is 0.251 e. The molecule has 0 aromatic heterocycles. The highest BCUT2D eigenvalue weighted by Crippen LogP contribution is 2.36. The largest absolute Gasteiger partial charge is 0.493 e. The molecule has 0 saturated carbocycles. The van der Waals surface area contributed by atoms with Crippen molar-refractivity contribution in [3.63, 3.8) is 0 Å². The number of benzene rings is 2. The summed E-state index contributed by atoms with van der Waals surface area (Å²) in [4.78, 5) is 14.6. The van der Waals surface area contributed by atoms with Crippen LogP contribution >= 0.6 is 11.6 Å². The minimum atomic E-state index is -0.217. The molecule has 0 aliphatic rings. The summed E-state index contributed by atoms with van der Waals surface area (Å²) < 4.78 is 10.8. The fourth-order valence-electron chi connectivity index (χ4n) is 2.55. The lowest BCUT2D eigenvalue weighted by Gasteiger charge is -2.13. The number of halogens is 1. The zero-order valence-electron chi connectivity index (χ0n) is 15.6. The topological polar surface area (TPSA) is 50.8 Å². The highest BCUT2D eigenvalue weighted by molar-refractivity contribution is 6.32. The Hall–Kier alpha value is -2.24. The van der Waals surface area contributed by atoms with Crippen LogP contribution in [-0.4, -0.2) is 38.6 Å². The lowest BCUT2D eigenvalue weighted by Crippen LogP contribution is -2.23. The van der Waals surface area contributed by atoms with Gasteiger partial charge in [-0.3, -0.25) is 4.79 Å². The summed E-state index contributed by atoms with van der Waals surface area (Å²) in [5, 5.41) is 3.25. The monoisotopic (exact) mass is 376 g/mol. The van der Waals surface area contributed by atoms with Gasteiger partial charge in [-0.05, 0) is 44.3 Å². The summed E-state index contributed by atoms with van der Waals surface area (Å²) in [6.07, 6.45) is 0. The Morgan fingerprint density at radius 1 is 1.15 bits per heavy atom. The SMILES string of the molecule is CCOc1c(Cl)cc(C(=O)NCc2ccc(CN(C)C)cc2)cc1OC. The van der Waals surface area contributed by atoms with Gasteiger partial charge in [-0.25, -0.2) is 0 Å². The summed E-state index contributed by atoms with van der Waals surface area (Å²) in [5.41, 5.74) is 2.69. The Labute approximate surface area is 159 Å². The van der Waals surface area contributed by atoms with Crippen molar-refractivity contribution in [2.45, 2.75) is 20.0 Å². The van der Waals surface area contributed by atoms with Gasteiger partial charge < -0.3 is 19.7 Å². The molecule has 0 heterocycles. The Morgan fingerprint density at radius 2 is 1.81 bits per heavy atom. The van der Waals surface area contributed by atoms with Crippen molar-refractivity contribution in [1.82, 2.24) is 10.2 Å². The van der Waals surface area contributed by atoms with Crippen molar-refractivity contribution in [3.8, 4) is 11.5 Å². The van der Waals surface area contributed by atoms with Crippen LogP contribution in [0.2, 0.25) is 5.02 Å². The predicted octanol–water partition coefficient (Wildman–Crippen LogP) is 3.74. The Balaban J connectivity index is 2.04. The summed E-state index contributed by atoms with van der Waals surface area (Å²) in [6.45, 7) is 3.65. The zero-order valence-corrected chi connectivity index (χ0v) is 16.4. The third kappa shape index (κ3) is 5.38. The van der Waals surface area contributed by atoms with Crippen molar-refractivity contribution in [1.29, 1.82) is 0 Å². The normalized spacial score (nSPS) is 10.7. The van der Waals surface area contributed by atoms with E-state index in [4.69, 9.17) is 21.1 Å². The highest BCUT2D eigenvalue weighted by atomic mass is 35.5. The van der Waals surface area contributed by atoms with Gasteiger partial charge in [0.25, 0.3) is 5.91 Å². The number of carbonyl (C=O) groups is 1. The molecule has 140 valence electrons. The molecule has 1 amide bonds. The molecule has 2 aromatic carbocycles. The number of methoxy groups -OCH3 is 1. The van der Waals surface area contributed by atoms with E-state index in [9.17, 15) is 4.79 Å². The molecule has 2 aromatic rings. The van der Waals surface area contributed by atoms with Crippen LogP contribution in [-0.2, 0) is 13.1 Å². The molecule has 2 rings (SSSR count). The van der Waals surface area contributed by atoms with E-state index in [2.05, 4.69) is 22.3 Å². The van der Waals surface area contributed by atoms with Gasteiger partial charge in [-0.2, -0.15) is 0 Å². The number of carbonyl (C=O) groups excluding carboxylic acids is 1. The fraction of sp³-hybridized carbons (Fsp3) is 0.350. The number of ether oxygens (including phenoxy) is 2. The maximum atomic E-state index is 12.4. The van der Waals surface area contributed by atoms with E-state index in [0.29, 0.717) is 35.2 Å². The number of nitrogens with one attached hydrogen (secondary N) is 1. The molecule has 0 bridgehead atoms. The molecule has 0 radical (unpaired) electrons. The van der Waals surface area contributed by atoms with Crippen LogP contribution in [0.3, 0.4) is 0 Å². The van der Waals surface area contributed by atoms with Gasteiger partial charge in [0.15, 0.2) is 11.5 Å². The second-order valence-electron chi connectivity index (χ2n) is 6.16. The Morgan fingerprint density at radius 3 is 2.38 bits per heavy atom. The van der Waals surface area contributed by atoms with Crippen LogP contribution in [0.4, 0.5) is 0 Å². The minimum absolute atomic E-state index is 0.217. The first kappa shape index (κ1) is 20.1. The zero-order chi connectivity index (χ0) is 19.1. The molecule has 1 N–H and O–H groups in total. The number of rotatable bonds is 8. The second kappa shape index (κ2) is 9.46. The van der Waals surface area contributed by atoms with Crippen molar-refractivity contribution in [2.24, 2.45) is 0 Å². The third-order valence-corrected chi connectivity index (χ3v) is 4.04. The number of hydrogen-bond donors (Lipinski definition) is 1. The summed E-state index contributed by atoms with van der Waals surface area (Å²) in [5.74, 6) is 0.674. The lowest BCUT2D eigenvalue weighted by molar-refractivity contribution is 0.0950. The van der Waals surface area contributed by atoms with E-state index in [0.717, 1.165) is 12.1 Å². The fourth-order valence-corrected chi connectivity index (χ4v) is 2.81. The van der Waals surface area contributed by atoms with Crippen LogP contribution in [0.5, 0.6) is 11.5 Å². The van der Waals surface area contributed by atoms with Crippen molar-refractivity contribution in [2.75, 3.05) is 27.8 Å².